The molecule has 0 spiro atoms. The highest BCUT2D eigenvalue weighted by Crippen LogP contribution is 2.22. The van der Waals surface area contributed by atoms with Crippen molar-refractivity contribution in [2.45, 2.75) is 39.2 Å². The second-order valence-electron chi connectivity index (χ2n) is 4.41. The van der Waals surface area contributed by atoms with Crippen molar-refractivity contribution in [1.82, 2.24) is 0 Å². The number of nitrogens with one attached hydrogen (secondary N) is 2. The smallest absolute Gasteiger partial charge is 0.191 e. The SMILES string of the molecule is CCCc1ccc(F)c(C(O)CC(=N)OC(C)=N)c1. The zero-order valence-corrected chi connectivity index (χ0v) is 11.2. The van der Waals surface area contributed by atoms with Crippen LogP contribution in [0.5, 0.6) is 0 Å². The molecule has 5 heteroatoms. The van der Waals surface area contributed by atoms with Crippen LogP contribution in [0, 0.1) is 16.6 Å². The van der Waals surface area contributed by atoms with Gasteiger partial charge in [0.1, 0.15) is 5.82 Å². The Bertz CT molecular complexity index is 475. The largest absolute Gasteiger partial charge is 0.430 e. The van der Waals surface area contributed by atoms with E-state index in [9.17, 15) is 9.50 Å². The average Bonchev–Trinajstić information content (AvgIpc) is 2.30. The highest BCUT2D eigenvalue weighted by atomic mass is 19.1. The summed E-state index contributed by atoms with van der Waals surface area (Å²) in [6.45, 7) is 3.42. The third-order valence-corrected chi connectivity index (χ3v) is 2.61. The summed E-state index contributed by atoms with van der Waals surface area (Å²) in [5, 5.41) is 24.5. The number of aryl methyl sites for hydroxylation is 1. The molecule has 0 amide bonds. The van der Waals surface area contributed by atoms with E-state index in [-0.39, 0.29) is 23.8 Å². The second-order valence-corrected chi connectivity index (χ2v) is 4.41. The minimum absolute atomic E-state index is 0.127. The van der Waals surface area contributed by atoms with Crippen molar-refractivity contribution in [3.05, 3.63) is 35.1 Å². The third-order valence-electron chi connectivity index (χ3n) is 2.61. The summed E-state index contributed by atoms with van der Waals surface area (Å²) in [6.07, 6.45) is 0.465. The van der Waals surface area contributed by atoms with Gasteiger partial charge in [0.2, 0.25) is 0 Å². The fourth-order valence-electron chi connectivity index (χ4n) is 1.80. The van der Waals surface area contributed by atoms with Gasteiger partial charge in [-0.25, -0.2) is 4.39 Å². The van der Waals surface area contributed by atoms with Crippen molar-refractivity contribution in [2.75, 3.05) is 0 Å². The molecule has 0 saturated carbocycles. The molecule has 19 heavy (non-hydrogen) atoms. The van der Waals surface area contributed by atoms with Gasteiger partial charge in [-0.05, 0) is 18.1 Å². The van der Waals surface area contributed by atoms with E-state index in [1.54, 1.807) is 12.1 Å². The first-order valence-corrected chi connectivity index (χ1v) is 6.20. The normalized spacial score (nSPS) is 12.0. The molecule has 0 bridgehead atoms. The quantitative estimate of drug-likeness (QED) is 0.565. The summed E-state index contributed by atoms with van der Waals surface area (Å²) in [5.41, 5.74) is 1.12. The highest BCUT2D eigenvalue weighted by Gasteiger charge is 2.16. The van der Waals surface area contributed by atoms with E-state index in [1.807, 2.05) is 6.92 Å². The molecular formula is C14H19FN2O2. The molecule has 0 heterocycles. The first-order chi connectivity index (χ1) is 8.93. The van der Waals surface area contributed by atoms with Crippen LogP contribution >= 0.6 is 0 Å². The zero-order chi connectivity index (χ0) is 14.4. The van der Waals surface area contributed by atoms with Crippen LogP contribution in [0.15, 0.2) is 18.2 Å². The zero-order valence-electron chi connectivity index (χ0n) is 11.2. The Morgan fingerprint density at radius 3 is 2.68 bits per heavy atom. The van der Waals surface area contributed by atoms with Gasteiger partial charge in [-0.2, -0.15) is 0 Å². The molecule has 0 aliphatic carbocycles. The van der Waals surface area contributed by atoms with E-state index in [4.69, 9.17) is 15.6 Å². The predicted octanol–water partition coefficient (Wildman–Crippen LogP) is 3.19. The van der Waals surface area contributed by atoms with E-state index in [1.165, 1.54) is 13.0 Å². The lowest BCUT2D eigenvalue weighted by molar-refractivity contribution is 0.175. The first-order valence-electron chi connectivity index (χ1n) is 6.20. The Morgan fingerprint density at radius 1 is 1.42 bits per heavy atom. The molecule has 1 atom stereocenters. The number of benzene rings is 1. The van der Waals surface area contributed by atoms with Gasteiger partial charge >= 0.3 is 0 Å². The molecule has 4 nitrogen and oxygen atoms in total. The lowest BCUT2D eigenvalue weighted by Gasteiger charge is -2.14. The van der Waals surface area contributed by atoms with Crippen molar-refractivity contribution < 1.29 is 14.2 Å². The Hall–Kier alpha value is -1.75. The lowest BCUT2D eigenvalue weighted by atomic mass is 10.0. The maximum Gasteiger partial charge on any atom is 0.191 e. The number of hydrogen-bond acceptors (Lipinski definition) is 4. The number of halogens is 1. The van der Waals surface area contributed by atoms with Crippen LogP contribution in [0.4, 0.5) is 4.39 Å². The monoisotopic (exact) mass is 266 g/mol. The molecule has 1 aromatic rings. The number of aliphatic hydroxyl groups excluding tert-OH is 1. The molecule has 0 aliphatic rings. The fraction of sp³-hybridized carbons (Fsp3) is 0.429. The lowest BCUT2D eigenvalue weighted by Crippen LogP contribution is -2.13. The topological polar surface area (TPSA) is 77.2 Å². The Balaban J connectivity index is 2.80. The summed E-state index contributed by atoms with van der Waals surface area (Å²) < 4.78 is 18.4. The van der Waals surface area contributed by atoms with Crippen molar-refractivity contribution in [3.8, 4) is 0 Å². The molecule has 0 saturated heterocycles. The van der Waals surface area contributed by atoms with Crippen molar-refractivity contribution in [2.24, 2.45) is 0 Å². The van der Waals surface area contributed by atoms with Crippen LogP contribution in [-0.2, 0) is 11.2 Å². The van der Waals surface area contributed by atoms with Crippen LogP contribution < -0.4 is 0 Å². The molecule has 1 rings (SSSR count). The molecule has 1 unspecified atom stereocenters. The predicted molar refractivity (Wildman–Crippen MR) is 72.2 cm³/mol. The summed E-state index contributed by atoms with van der Waals surface area (Å²) in [4.78, 5) is 0. The summed E-state index contributed by atoms with van der Waals surface area (Å²) in [6, 6.07) is 4.64. The minimum Gasteiger partial charge on any atom is -0.430 e. The van der Waals surface area contributed by atoms with Gasteiger partial charge in [0.25, 0.3) is 0 Å². The van der Waals surface area contributed by atoms with Crippen molar-refractivity contribution >= 4 is 11.8 Å². The first kappa shape index (κ1) is 15.3. The fourth-order valence-corrected chi connectivity index (χ4v) is 1.80. The van der Waals surface area contributed by atoms with E-state index in [2.05, 4.69) is 0 Å². The van der Waals surface area contributed by atoms with Crippen LogP contribution in [-0.4, -0.2) is 16.9 Å². The van der Waals surface area contributed by atoms with Crippen LogP contribution in [0.25, 0.3) is 0 Å². The number of hydrogen-bond donors (Lipinski definition) is 3. The standard InChI is InChI=1S/C14H19FN2O2/c1-3-4-10-5-6-12(15)11(7-10)13(18)8-14(17)19-9(2)16/h5-7,13,16-18H,3-4,8H2,1-2H3. The maximum absolute atomic E-state index is 13.7. The molecule has 0 fully saturated rings. The molecule has 0 aliphatic heterocycles. The van der Waals surface area contributed by atoms with E-state index in [0.29, 0.717) is 0 Å². The molecular weight excluding hydrogens is 247 g/mol. The van der Waals surface area contributed by atoms with Gasteiger partial charge in [-0.1, -0.05) is 25.5 Å². The molecule has 3 N–H and O–H groups in total. The van der Waals surface area contributed by atoms with E-state index >= 15 is 0 Å². The van der Waals surface area contributed by atoms with Gasteiger partial charge in [-0.15, -0.1) is 0 Å². The second kappa shape index (κ2) is 6.99. The summed E-state index contributed by atoms with van der Waals surface area (Å²) in [5.74, 6) is -0.871. The van der Waals surface area contributed by atoms with E-state index < -0.39 is 11.9 Å². The van der Waals surface area contributed by atoms with Crippen molar-refractivity contribution in [3.63, 3.8) is 0 Å². The molecule has 0 aromatic heterocycles. The average molecular weight is 266 g/mol. The van der Waals surface area contributed by atoms with Gasteiger partial charge in [0.15, 0.2) is 11.8 Å². The Morgan fingerprint density at radius 2 is 2.11 bits per heavy atom. The van der Waals surface area contributed by atoms with Crippen molar-refractivity contribution in [1.29, 1.82) is 10.8 Å². The van der Waals surface area contributed by atoms with Crippen LogP contribution in [0.2, 0.25) is 0 Å². The number of ether oxygens (including phenoxy) is 1. The Kier molecular flexibility index (Phi) is 5.63. The molecule has 1 aromatic carbocycles. The van der Waals surface area contributed by atoms with Crippen LogP contribution in [0.1, 0.15) is 43.9 Å². The van der Waals surface area contributed by atoms with Gasteiger partial charge < -0.3 is 9.84 Å². The van der Waals surface area contributed by atoms with Gasteiger partial charge in [-0.3, -0.25) is 10.8 Å². The molecule has 104 valence electrons. The minimum atomic E-state index is -1.14. The van der Waals surface area contributed by atoms with Gasteiger partial charge in [0.05, 0.1) is 12.5 Å². The maximum atomic E-state index is 13.7. The third kappa shape index (κ3) is 4.79. The van der Waals surface area contributed by atoms with Crippen LogP contribution in [0.3, 0.4) is 0 Å². The summed E-state index contributed by atoms with van der Waals surface area (Å²) in [7, 11) is 0. The summed E-state index contributed by atoms with van der Waals surface area (Å²) >= 11 is 0. The number of rotatable bonds is 5. The van der Waals surface area contributed by atoms with E-state index in [0.717, 1.165) is 18.4 Å². The Labute approximate surface area is 112 Å². The highest BCUT2D eigenvalue weighted by molar-refractivity contribution is 5.87. The number of aliphatic hydroxyl groups is 1. The molecule has 0 radical (unpaired) electrons. The van der Waals surface area contributed by atoms with Gasteiger partial charge in [0, 0.05) is 12.5 Å².